The fraction of sp³-hybridized carbons (Fsp3) is 0.389. The maximum Gasteiger partial charge on any atom is 0.163 e. The average Bonchev–Trinajstić information content (AvgIpc) is 2.71. The van der Waals surface area contributed by atoms with Gasteiger partial charge in [0, 0.05) is 22.0 Å². The van der Waals surface area contributed by atoms with Crippen LogP contribution in [0.5, 0.6) is 0 Å². The largest absolute Gasteiger partial charge is 0.353 e. The molecule has 3 rings (SSSR count). The number of aromatic nitrogens is 2. The van der Waals surface area contributed by atoms with Gasteiger partial charge in [-0.15, -0.1) is 0 Å². The molecule has 0 aliphatic rings. The zero-order chi connectivity index (χ0) is 15.4. The highest BCUT2D eigenvalue weighted by Gasteiger charge is 2.39. The van der Waals surface area contributed by atoms with Crippen molar-refractivity contribution < 1.29 is 0 Å². The Morgan fingerprint density at radius 2 is 1.62 bits per heavy atom. The lowest BCUT2D eigenvalue weighted by Crippen LogP contribution is -2.45. The molecule has 3 heteroatoms. The molecule has 110 valence electrons. The lowest BCUT2D eigenvalue weighted by molar-refractivity contribution is 0.705. The van der Waals surface area contributed by atoms with Gasteiger partial charge in [-0.3, -0.25) is 0 Å². The fourth-order valence-corrected chi connectivity index (χ4v) is 5.00. The van der Waals surface area contributed by atoms with Crippen molar-refractivity contribution in [2.75, 3.05) is 0 Å². The molecular formula is C18H24N2Si. The first-order valence-electron chi connectivity index (χ1n) is 7.61. The molecule has 1 aromatic carbocycles. The molecule has 0 aliphatic carbocycles. The lowest BCUT2D eigenvalue weighted by atomic mass is 10.2. The highest BCUT2D eigenvalue weighted by molar-refractivity contribution is 6.80. The van der Waals surface area contributed by atoms with Gasteiger partial charge >= 0.3 is 0 Å². The van der Waals surface area contributed by atoms with Crippen LogP contribution in [0.15, 0.2) is 36.4 Å². The highest BCUT2D eigenvalue weighted by atomic mass is 28.3. The van der Waals surface area contributed by atoms with Crippen molar-refractivity contribution in [3.8, 4) is 0 Å². The van der Waals surface area contributed by atoms with Crippen LogP contribution < -0.4 is 0 Å². The number of rotatable bonds is 1. The molecule has 0 bridgehead atoms. The molecule has 0 aliphatic heterocycles. The van der Waals surface area contributed by atoms with Gasteiger partial charge in [0.05, 0.1) is 0 Å². The van der Waals surface area contributed by atoms with E-state index in [0.29, 0.717) is 0 Å². The van der Waals surface area contributed by atoms with Gasteiger partial charge in [0.1, 0.15) is 5.65 Å². The van der Waals surface area contributed by atoms with E-state index in [-0.39, 0.29) is 5.04 Å². The van der Waals surface area contributed by atoms with Crippen LogP contribution in [0.2, 0.25) is 18.1 Å². The number of hydrogen-bond acceptors (Lipinski definition) is 1. The summed E-state index contributed by atoms with van der Waals surface area (Å²) in [7, 11) is -1.73. The van der Waals surface area contributed by atoms with Crippen molar-refractivity contribution >= 4 is 30.2 Å². The number of aryl methyl sites for hydroxylation is 1. The number of benzene rings is 1. The number of fused-ring (bicyclic) bond motifs is 3. The minimum atomic E-state index is -1.73. The van der Waals surface area contributed by atoms with Crippen molar-refractivity contribution in [1.82, 2.24) is 9.22 Å². The first kappa shape index (κ1) is 14.3. The summed E-state index contributed by atoms with van der Waals surface area (Å²) in [5.41, 5.74) is 3.57. The van der Waals surface area contributed by atoms with E-state index < -0.39 is 8.24 Å². The Bertz CT molecular complexity index is 822. The molecule has 0 fully saturated rings. The van der Waals surface area contributed by atoms with E-state index in [9.17, 15) is 0 Å². The van der Waals surface area contributed by atoms with Gasteiger partial charge in [-0.05, 0) is 30.2 Å². The van der Waals surface area contributed by atoms with E-state index >= 15 is 0 Å². The van der Waals surface area contributed by atoms with Gasteiger partial charge in [0.25, 0.3) is 0 Å². The van der Waals surface area contributed by atoms with Crippen LogP contribution >= 0.6 is 0 Å². The second-order valence-electron chi connectivity index (χ2n) is 7.49. The summed E-state index contributed by atoms with van der Waals surface area (Å²) in [6.45, 7) is 14.0. The zero-order valence-corrected chi connectivity index (χ0v) is 14.9. The minimum absolute atomic E-state index is 0.271. The summed E-state index contributed by atoms with van der Waals surface area (Å²) in [6, 6.07) is 13.1. The smallest absolute Gasteiger partial charge is 0.163 e. The topological polar surface area (TPSA) is 17.8 Å². The summed E-state index contributed by atoms with van der Waals surface area (Å²) in [5.74, 6) is 0. The van der Waals surface area contributed by atoms with E-state index in [2.05, 4.69) is 81.4 Å². The Labute approximate surface area is 127 Å². The van der Waals surface area contributed by atoms with Crippen LogP contribution in [0.3, 0.4) is 0 Å². The van der Waals surface area contributed by atoms with Gasteiger partial charge < -0.3 is 4.23 Å². The lowest BCUT2D eigenvalue weighted by Gasteiger charge is -2.38. The van der Waals surface area contributed by atoms with Crippen molar-refractivity contribution in [3.63, 3.8) is 0 Å². The molecule has 0 amide bonds. The van der Waals surface area contributed by atoms with Crippen LogP contribution in [0, 0.1) is 6.92 Å². The number of nitrogens with zero attached hydrogens (tertiary/aromatic N) is 2. The Morgan fingerprint density at radius 1 is 0.952 bits per heavy atom. The van der Waals surface area contributed by atoms with Crippen LogP contribution in [0.25, 0.3) is 21.9 Å². The minimum Gasteiger partial charge on any atom is -0.353 e. The van der Waals surface area contributed by atoms with Crippen LogP contribution in [0.1, 0.15) is 26.5 Å². The molecule has 0 spiro atoms. The van der Waals surface area contributed by atoms with E-state index in [4.69, 9.17) is 4.98 Å². The van der Waals surface area contributed by atoms with Gasteiger partial charge in [-0.1, -0.05) is 52.1 Å². The molecule has 0 atom stereocenters. The fourth-order valence-electron chi connectivity index (χ4n) is 2.84. The number of pyridine rings is 1. The zero-order valence-electron chi connectivity index (χ0n) is 13.9. The maximum atomic E-state index is 4.89. The van der Waals surface area contributed by atoms with E-state index in [0.717, 1.165) is 11.3 Å². The van der Waals surface area contributed by atoms with Gasteiger partial charge in [-0.2, -0.15) is 0 Å². The van der Waals surface area contributed by atoms with Gasteiger partial charge in [-0.25, -0.2) is 4.98 Å². The third kappa shape index (κ3) is 2.02. The van der Waals surface area contributed by atoms with Crippen LogP contribution in [-0.4, -0.2) is 17.5 Å². The Balaban J connectivity index is 2.52. The molecule has 3 aromatic rings. The van der Waals surface area contributed by atoms with E-state index in [1.165, 1.54) is 16.3 Å². The van der Waals surface area contributed by atoms with Gasteiger partial charge in [0.15, 0.2) is 8.24 Å². The average molecular weight is 296 g/mol. The molecule has 21 heavy (non-hydrogen) atoms. The summed E-state index contributed by atoms with van der Waals surface area (Å²) in [6.07, 6.45) is 0. The molecular weight excluding hydrogens is 272 g/mol. The van der Waals surface area contributed by atoms with Crippen molar-refractivity contribution in [2.45, 2.75) is 45.8 Å². The van der Waals surface area contributed by atoms with Crippen molar-refractivity contribution in [3.05, 3.63) is 42.1 Å². The molecule has 0 saturated heterocycles. The first-order chi connectivity index (χ1) is 9.73. The molecule has 0 unspecified atom stereocenters. The number of hydrogen-bond donors (Lipinski definition) is 0. The Morgan fingerprint density at radius 3 is 2.29 bits per heavy atom. The maximum absolute atomic E-state index is 4.89. The predicted octanol–water partition coefficient (Wildman–Crippen LogP) is 5.35. The van der Waals surface area contributed by atoms with Crippen LogP contribution in [-0.2, 0) is 0 Å². The summed E-state index contributed by atoms with van der Waals surface area (Å²) >= 11 is 0. The highest BCUT2D eigenvalue weighted by Crippen LogP contribution is 2.41. The molecule has 2 aromatic heterocycles. The third-order valence-corrected chi connectivity index (χ3v) is 10.3. The van der Waals surface area contributed by atoms with Crippen molar-refractivity contribution in [1.29, 1.82) is 0 Å². The first-order valence-corrected chi connectivity index (χ1v) is 10.6. The quantitative estimate of drug-likeness (QED) is 0.553. The summed E-state index contributed by atoms with van der Waals surface area (Å²) in [5, 5.41) is 2.87. The van der Waals surface area contributed by atoms with E-state index in [1.54, 1.807) is 0 Å². The second-order valence-corrected chi connectivity index (χ2v) is 12.6. The molecule has 0 saturated carbocycles. The molecule has 0 N–H and O–H groups in total. The van der Waals surface area contributed by atoms with Crippen LogP contribution in [0.4, 0.5) is 0 Å². The molecule has 2 heterocycles. The summed E-state index contributed by atoms with van der Waals surface area (Å²) < 4.78 is 2.56. The number of para-hydroxylation sites is 1. The Hall–Kier alpha value is -1.61. The molecule has 0 radical (unpaired) electrons. The SMILES string of the molecule is Cc1ccc2c3ccccc3n([Si](C)(C)C(C)(C)C)c2n1. The van der Waals surface area contributed by atoms with E-state index in [1.807, 2.05) is 0 Å². The van der Waals surface area contributed by atoms with Gasteiger partial charge in [0.2, 0.25) is 0 Å². The predicted molar refractivity (Wildman–Crippen MR) is 94.6 cm³/mol. The third-order valence-electron chi connectivity index (χ3n) is 5.06. The Kier molecular flexibility index (Phi) is 3.03. The summed E-state index contributed by atoms with van der Waals surface area (Å²) in [4.78, 5) is 4.89. The second kappa shape index (κ2) is 4.44. The standard InChI is InChI=1S/C18H24N2Si/c1-13-11-12-15-14-9-7-8-10-16(14)20(17(15)19-13)21(5,6)18(2,3)4/h7-12H,1-6H3. The molecule has 2 nitrogen and oxygen atoms in total. The van der Waals surface area contributed by atoms with Crippen molar-refractivity contribution in [2.24, 2.45) is 0 Å². The monoisotopic (exact) mass is 296 g/mol. The normalized spacial score (nSPS) is 13.2.